The molecule has 0 aliphatic carbocycles. The standard InChI is InChI=1S/C23H20BrN3O5/c1-15-11-22(27-32-15)26-23(28)17(14-25)12-16-7-8-19(18(24)13-16)30-9-10-31-21-6-4-3-5-20(21)29-2/h3-8,11-13H,9-10H2,1-2H3,(H,26,27,28)/b17-12-. The summed E-state index contributed by atoms with van der Waals surface area (Å²) in [5.41, 5.74) is 0.578. The van der Waals surface area contributed by atoms with Gasteiger partial charge in [-0.15, -0.1) is 0 Å². The van der Waals surface area contributed by atoms with Crippen LogP contribution in [-0.4, -0.2) is 31.4 Å². The van der Waals surface area contributed by atoms with Gasteiger partial charge in [0.05, 0.1) is 11.6 Å². The number of aromatic nitrogens is 1. The van der Waals surface area contributed by atoms with Crippen molar-refractivity contribution in [2.45, 2.75) is 6.92 Å². The van der Waals surface area contributed by atoms with Gasteiger partial charge in [-0.25, -0.2) is 0 Å². The Hall–Kier alpha value is -3.77. The molecule has 0 saturated carbocycles. The zero-order valence-electron chi connectivity index (χ0n) is 17.4. The number of nitrogens with zero attached hydrogens (tertiary/aromatic N) is 2. The van der Waals surface area contributed by atoms with Crippen molar-refractivity contribution in [3.63, 3.8) is 0 Å². The fourth-order valence-corrected chi connectivity index (χ4v) is 3.20. The number of anilines is 1. The molecular formula is C23H20BrN3O5. The Bertz CT molecular complexity index is 1170. The van der Waals surface area contributed by atoms with E-state index in [4.69, 9.17) is 18.7 Å². The first-order valence-electron chi connectivity index (χ1n) is 9.55. The number of para-hydroxylation sites is 2. The fraction of sp³-hybridized carbons (Fsp3) is 0.174. The number of methoxy groups -OCH3 is 1. The van der Waals surface area contributed by atoms with Crippen LogP contribution in [0.1, 0.15) is 11.3 Å². The summed E-state index contributed by atoms with van der Waals surface area (Å²) in [5, 5.41) is 15.6. The molecule has 32 heavy (non-hydrogen) atoms. The van der Waals surface area contributed by atoms with Gasteiger partial charge in [-0.3, -0.25) is 4.79 Å². The van der Waals surface area contributed by atoms with Crippen LogP contribution in [0.5, 0.6) is 17.2 Å². The highest BCUT2D eigenvalue weighted by atomic mass is 79.9. The summed E-state index contributed by atoms with van der Waals surface area (Å²) in [5.74, 6) is 2.11. The second kappa shape index (κ2) is 11.0. The van der Waals surface area contributed by atoms with Gasteiger partial charge >= 0.3 is 0 Å². The van der Waals surface area contributed by atoms with Gasteiger partial charge in [-0.1, -0.05) is 23.4 Å². The van der Waals surface area contributed by atoms with Crippen LogP contribution >= 0.6 is 15.9 Å². The lowest BCUT2D eigenvalue weighted by Gasteiger charge is -2.12. The Labute approximate surface area is 193 Å². The third-order valence-electron chi connectivity index (χ3n) is 4.17. The first-order valence-corrected chi connectivity index (χ1v) is 10.3. The van der Waals surface area contributed by atoms with Gasteiger partial charge in [0.1, 0.15) is 36.4 Å². The Morgan fingerprint density at radius 2 is 1.88 bits per heavy atom. The van der Waals surface area contributed by atoms with Crippen LogP contribution in [0.4, 0.5) is 5.82 Å². The van der Waals surface area contributed by atoms with E-state index in [-0.39, 0.29) is 11.4 Å². The molecular weight excluding hydrogens is 478 g/mol. The van der Waals surface area contributed by atoms with Crippen molar-refractivity contribution < 1.29 is 23.5 Å². The van der Waals surface area contributed by atoms with E-state index in [1.807, 2.05) is 30.3 Å². The lowest BCUT2D eigenvalue weighted by atomic mass is 10.1. The average molecular weight is 498 g/mol. The van der Waals surface area contributed by atoms with E-state index in [1.54, 1.807) is 38.3 Å². The number of hydrogen-bond donors (Lipinski definition) is 1. The molecule has 8 nitrogen and oxygen atoms in total. The number of rotatable bonds is 9. The van der Waals surface area contributed by atoms with Crippen LogP contribution in [0.3, 0.4) is 0 Å². The van der Waals surface area contributed by atoms with Crippen molar-refractivity contribution in [3.8, 4) is 23.3 Å². The maximum absolute atomic E-state index is 12.3. The largest absolute Gasteiger partial charge is 0.493 e. The quantitative estimate of drug-likeness (QED) is 0.258. The molecule has 0 bridgehead atoms. The second-order valence-electron chi connectivity index (χ2n) is 6.48. The second-order valence-corrected chi connectivity index (χ2v) is 7.34. The highest BCUT2D eigenvalue weighted by molar-refractivity contribution is 9.10. The fourth-order valence-electron chi connectivity index (χ4n) is 2.69. The maximum Gasteiger partial charge on any atom is 0.267 e. The highest BCUT2D eigenvalue weighted by Crippen LogP contribution is 2.28. The predicted octanol–water partition coefficient (Wildman–Crippen LogP) is 4.76. The van der Waals surface area contributed by atoms with Crippen LogP contribution in [0.15, 0.2) is 63.1 Å². The van der Waals surface area contributed by atoms with Crippen LogP contribution in [-0.2, 0) is 4.79 Å². The summed E-state index contributed by atoms with van der Waals surface area (Å²) in [6, 6.07) is 16.1. The summed E-state index contributed by atoms with van der Waals surface area (Å²) in [6.07, 6.45) is 1.47. The molecule has 0 unspecified atom stereocenters. The minimum atomic E-state index is -0.578. The number of carbonyl (C=O) groups excluding carboxylic acids is 1. The molecule has 3 aromatic rings. The van der Waals surface area contributed by atoms with Gasteiger partial charge in [-0.05, 0) is 58.8 Å². The molecule has 0 aliphatic rings. The molecule has 0 spiro atoms. The van der Waals surface area contributed by atoms with Gasteiger partial charge in [-0.2, -0.15) is 5.26 Å². The molecule has 1 amide bonds. The van der Waals surface area contributed by atoms with Crippen molar-refractivity contribution in [2.75, 3.05) is 25.6 Å². The highest BCUT2D eigenvalue weighted by Gasteiger charge is 2.12. The van der Waals surface area contributed by atoms with Crippen LogP contribution in [0, 0.1) is 18.3 Å². The van der Waals surface area contributed by atoms with E-state index < -0.39 is 5.91 Å². The molecule has 3 rings (SSSR count). The van der Waals surface area contributed by atoms with E-state index in [9.17, 15) is 10.1 Å². The Kier molecular flexibility index (Phi) is 7.89. The SMILES string of the molecule is COc1ccccc1OCCOc1ccc(/C=C(/C#N)C(=O)Nc2cc(C)on2)cc1Br. The molecule has 1 N–H and O–H groups in total. The number of nitriles is 1. The summed E-state index contributed by atoms with van der Waals surface area (Å²) in [4.78, 5) is 12.3. The molecule has 9 heteroatoms. The first-order chi connectivity index (χ1) is 15.5. The number of nitrogens with one attached hydrogen (secondary N) is 1. The lowest BCUT2D eigenvalue weighted by molar-refractivity contribution is -0.112. The molecule has 0 aliphatic heterocycles. The summed E-state index contributed by atoms with van der Waals surface area (Å²) in [6.45, 7) is 2.35. The van der Waals surface area contributed by atoms with E-state index in [0.717, 1.165) is 0 Å². The minimum absolute atomic E-state index is 0.0728. The zero-order valence-corrected chi connectivity index (χ0v) is 19.0. The molecule has 0 radical (unpaired) electrons. The van der Waals surface area contributed by atoms with Crippen molar-refractivity contribution in [2.24, 2.45) is 0 Å². The van der Waals surface area contributed by atoms with Gasteiger partial charge < -0.3 is 24.1 Å². The van der Waals surface area contributed by atoms with Crippen molar-refractivity contribution in [1.82, 2.24) is 5.16 Å². The van der Waals surface area contributed by atoms with Crippen molar-refractivity contribution in [3.05, 3.63) is 69.9 Å². The number of amides is 1. The van der Waals surface area contributed by atoms with Crippen LogP contribution in [0.2, 0.25) is 0 Å². The number of halogens is 1. The van der Waals surface area contributed by atoms with Gasteiger partial charge in [0, 0.05) is 6.07 Å². The minimum Gasteiger partial charge on any atom is -0.493 e. The maximum atomic E-state index is 12.3. The molecule has 1 heterocycles. The summed E-state index contributed by atoms with van der Waals surface area (Å²) in [7, 11) is 1.59. The van der Waals surface area contributed by atoms with Gasteiger partial charge in [0.15, 0.2) is 17.3 Å². The van der Waals surface area contributed by atoms with E-state index >= 15 is 0 Å². The normalized spacial score (nSPS) is 10.9. The summed E-state index contributed by atoms with van der Waals surface area (Å²) < 4.78 is 22.3. The van der Waals surface area contributed by atoms with E-state index in [0.29, 0.717) is 46.3 Å². The third kappa shape index (κ3) is 6.12. The zero-order chi connectivity index (χ0) is 22.9. The number of benzene rings is 2. The first kappa shape index (κ1) is 22.9. The Morgan fingerprint density at radius 1 is 1.16 bits per heavy atom. The van der Waals surface area contributed by atoms with E-state index in [1.165, 1.54) is 6.08 Å². The monoisotopic (exact) mass is 497 g/mol. The smallest absolute Gasteiger partial charge is 0.267 e. The van der Waals surface area contributed by atoms with E-state index in [2.05, 4.69) is 26.4 Å². The topological polar surface area (TPSA) is 107 Å². The van der Waals surface area contributed by atoms with Gasteiger partial charge in [0.2, 0.25) is 0 Å². The average Bonchev–Trinajstić information content (AvgIpc) is 3.20. The molecule has 1 aromatic heterocycles. The number of ether oxygens (including phenoxy) is 3. The molecule has 0 fully saturated rings. The number of carbonyl (C=O) groups is 1. The third-order valence-corrected chi connectivity index (χ3v) is 4.79. The van der Waals surface area contributed by atoms with Crippen LogP contribution in [0.25, 0.3) is 6.08 Å². The van der Waals surface area contributed by atoms with Gasteiger partial charge in [0.25, 0.3) is 5.91 Å². The van der Waals surface area contributed by atoms with Crippen LogP contribution < -0.4 is 19.5 Å². The molecule has 2 aromatic carbocycles. The van der Waals surface area contributed by atoms with Crippen molar-refractivity contribution >= 4 is 33.7 Å². The lowest BCUT2D eigenvalue weighted by Crippen LogP contribution is -2.13. The number of aryl methyl sites for hydroxylation is 1. The Morgan fingerprint density at radius 3 is 2.50 bits per heavy atom. The Balaban J connectivity index is 1.58. The van der Waals surface area contributed by atoms with Crippen molar-refractivity contribution in [1.29, 1.82) is 5.26 Å². The summed E-state index contributed by atoms with van der Waals surface area (Å²) >= 11 is 3.45. The molecule has 0 saturated heterocycles. The number of hydrogen-bond acceptors (Lipinski definition) is 7. The predicted molar refractivity (Wildman–Crippen MR) is 122 cm³/mol. The molecule has 164 valence electrons. The molecule has 0 atom stereocenters.